The standard InChI is InChI=1S/C16H23ClN2O2/c1-11(2)13-9-15(12(3)8-14(13)17)21-10-16(20)19-6-4-18-5-7-19/h8-9,11,18H,4-7,10H2,1-3H3. The Labute approximate surface area is 131 Å². The number of amides is 1. The molecule has 1 aromatic rings. The fraction of sp³-hybridized carbons (Fsp3) is 0.562. The number of hydrogen-bond acceptors (Lipinski definition) is 3. The molecule has 5 heteroatoms. The zero-order valence-electron chi connectivity index (χ0n) is 12.9. The number of halogens is 1. The van der Waals surface area contributed by atoms with Gasteiger partial charge < -0.3 is 15.0 Å². The number of benzene rings is 1. The van der Waals surface area contributed by atoms with E-state index in [2.05, 4.69) is 19.2 Å². The third-order valence-electron chi connectivity index (χ3n) is 3.74. The van der Waals surface area contributed by atoms with E-state index in [1.165, 1.54) is 0 Å². The van der Waals surface area contributed by atoms with E-state index < -0.39 is 0 Å². The Kier molecular flexibility index (Phi) is 5.48. The average molecular weight is 311 g/mol. The van der Waals surface area contributed by atoms with Crippen LogP contribution < -0.4 is 10.1 Å². The molecule has 0 spiro atoms. The molecule has 0 aromatic heterocycles. The molecule has 1 heterocycles. The molecule has 1 aliphatic rings. The van der Waals surface area contributed by atoms with Crippen molar-refractivity contribution in [3.8, 4) is 5.75 Å². The fourth-order valence-corrected chi connectivity index (χ4v) is 2.85. The molecule has 0 atom stereocenters. The predicted octanol–water partition coefficient (Wildman–Crippen LogP) is 2.58. The Balaban J connectivity index is 2.02. The monoisotopic (exact) mass is 310 g/mol. The van der Waals surface area contributed by atoms with Gasteiger partial charge in [0.1, 0.15) is 5.75 Å². The summed E-state index contributed by atoms with van der Waals surface area (Å²) in [6.07, 6.45) is 0. The zero-order valence-corrected chi connectivity index (χ0v) is 13.7. The second kappa shape index (κ2) is 7.14. The molecule has 1 aliphatic heterocycles. The highest BCUT2D eigenvalue weighted by Gasteiger charge is 2.17. The summed E-state index contributed by atoms with van der Waals surface area (Å²) >= 11 is 6.24. The van der Waals surface area contributed by atoms with E-state index in [0.29, 0.717) is 5.92 Å². The van der Waals surface area contributed by atoms with Crippen LogP contribution in [0.2, 0.25) is 5.02 Å². The van der Waals surface area contributed by atoms with E-state index in [0.717, 1.165) is 48.1 Å². The lowest BCUT2D eigenvalue weighted by molar-refractivity contribution is -0.133. The molecule has 2 rings (SSSR count). The molecule has 0 unspecified atom stereocenters. The van der Waals surface area contributed by atoms with E-state index in [1.54, 1.807) is 0 Å². The number of carbonyl (C=O) groups excluding carboxylic acids is 1. The molecule has 1 N–H and O–H groups in total. The average Bonchev–Trinajstić information content (AvgIpc) is 2.46. The molecular formula is C16H23ClN2O2. The van der Waals surface area contributed by atoms with Crippen LogP contribution >= 0.6 is 11.6 Å². The third kappa shape index (κ3) is 4.11. The Morgan fingerprint density at radius 2 is 2.05 bits per heavy atom. The maximum atomic E-state index is 12.1. The van der Waals surface area contributed by atoms with Gasteiger partial charge in [-0.05, 0) is 36.1 Å². The predicted molar refractivity (Wildman–Crippen MR) is 85.2 cm³/mol. The molecule has 0 aliphatic carbocycles. The lowest BCUT2D eigenvalue weighted by Crippen LogP contribution is -2.47. The van der Waals surface area contributed by atoms with Crippen molar-refractivity contribution < 1.29 is 9.53 Å². The van der Waals surface area contributed by atoms with Crippen LogP contribution in [0.3, 0.4) is 0 Å². The Morgan fingerprint density at radius 1 is 1.38 bits per heavy atom. The van der Waals surface area contributed by atoms with Crippen molar-refractivity contribution in [1.29, 1.82) is 0 Å². The summed E-state index contributed by atoms with van der Waals surface area (Å²) in [5.41, 5.74) is 2.00. The third-order valence-corrected chi connectivity index (χ3v) is 4.06. The molecule has 4 nitrogen and oxygen atoms in total. The highest BCUT2D eigenvalue weighted by atomic mass is 35.5. The van der Waals surface area contributed by atoms with Gasteiger partial charge in [0.05, 0.1) is 0 Å². The van der Waals surface area contributed by atoms with Crippen molar-refractivity contribution in [2.75, 3.05) is 32.8 Å². The van der Waals surface area contributed by atoms with Gasteiger partial charge in [0, 0.05) is 31.2 Å². The minimum absolute atomic E-state index is 0.0388. The van der Waals surface area contributed by atoms with E-state index in [4.69, 9.17) is 16.3 Å². The first-order chi connectivity index (χ1) is 9.99. The second-order valence-electron chi connectivity index (χ2n) is 5.71. The molecule has 0 saturated carbocycles. The summed E-state index contributed by atoms with van der Waals surface area (Å²) < 4.78 is 5.73. The van der Waals surface area contributed by atoms with Gasteiger partial charge in [0.2, 0.25) is 0 Å². The fourth-order valence-electron chi connectivity index (χ4n) is 2.41. The van der Waals surface area contributed by atoms with Gasteiger partial charge in [0.25, 0.3) is 5.91 Å². The number of rotatable bonds is 4. The summed E-state index contributed by atoms with van der Waals surface area (Å²) in [7, 11) is 0. The number of aryl methyl sites for hydroxylation is 1. The molecule has 0 bridgehead atoms. The van der Waals surface area contributed by atoms with Crippen molar-refractivity contribution in [1.82, 2.24) is 10.2 Å². The number of nitrogens with one attached hydrogen (secondary N) is 1. The van der Waals surface area contributed by atoms with Crippen molar-refractivity contribution in [3.63, 3.8) is 0 Å². The molecule has 0 radical (unpaired) electrons. The van der Waals surface area contributed by atoms with E-state index >= 15 is 0 Å². The Hall–Kier alpha value is -1.26. The van der Waals surface area contributed by atoms with E-state index in [1.807, 2.05) is 24.0 Å². The number of carbonyl (C=O) groups is 1. The molecule has 1 saturated heterocycles. The van der Waals surface area contributed by atoms with Gasteiger partial charge in [-0.1, -0.05) is 25.4 Å². The van der Waals surface area contributed by atoms with Gasteiger partial charge in [-0.25, -0.2) is 0 Å². The minimum atomic E-state index is 0.0388. The van der Waals surface area contributed by atoms with Crippen molar-refractivity contribution in [2.45, 2.75) is 26.7 Å². The summed E-state index contributed by atoms with van der Waals surface area (Å²) in [5.74, 6) is 1.10. The molecule has 1 fully saturated rings. The molecular weight excluding hydrogens is 288 g/mol. The van der Waals surface area contributed by atoms with Gasteiger partial charge in [0.15, 0.2) is 6.61 Å². The van der Waals surface area contributed by atoms with Crippen LogP contribution in [0.1, 0.15) is 30.9 Å². The first-order valence-corrected chi connectivity index (χ1v) is 7.78. The second-order valence-corrected chi connectivity index (χ2v) is 6.12. The molecule has 21 heavy (non-hydrogen) atoms. The van der Waals surface area contributed by atoms with Gasteiger partial charge in [-0.15, -0.1) is 0 Å². The van der Waals surface area contributed by atoms with Gasteiger partial charge >= 0.3 is 0 Å². The lowest BCUT2D eigenvalue weighted by Gasteiger charge is -2.27. The maximum absolute atomic E-state index is 12.1. The highest BCUT2D eigenvalue weighted by Crippen LogP contribution is 2.31. The number of ether oxygens (including phenoxy) is 1. The van der Waals surface area contributed by atoms with Crippen LogP contribution in [0.25, 0.3) is 0 Å². The quantitative estimate of drug-likeness (QED) is 0.929. The molecule has 116 valence electrons. The summed E-state index contributed by atoms with van der Waals surface area (Å²) in [4.78, 5) is 14.0. The molecule has 1 aromatic carbocycles. The van der Waals surface area contributed by atoms with Gasteiger partial charge in [-0.3, -0.25) is 4.79 Å². The van der Waals surface area contributed by atoms with E-state index in [9.17, 15) is 4.79 Å². The zero-order chi connectivity index (χ0) is 15.4. The van der Waals surface area contributed by atoms with Crippen LogP contribution in [0.4, 0.5) is 0 Å². The highest BCUT2D eigenvalue weighted by molar-refractivity contribution is 6.31. The number of nitrogens with zero attached hydrogens (tertiary/aromatic N) is 1. The van der Waals surface area contributed by atoms with Crippen LogP contribution in [0.5, 0.6) is 5.75 Å². The maximum Gasteiger partial charge on any atom is 0.260 e. The molecule has 1 amide bonds. The van der Waals surface area contributed by atoms with Crippen LogP contribution in [-0.2, 0) is 4.79 Å². The first-order valence-electron chi connectivity index (χ1n) is 7.40. The normalized spacial score (nSPS) is 15.4. The number of piperazine rings is 1. The SMILES string of the molecule is Cc1cc(Cl)c(C(C)C)cc1OCC(=O)N1CCNCC1. The van der Waals surface area contributed by atoms with Crippen molar-refractivity contribution in [3.05, 3.63) is 28.3 Å². The van der Waals surface area contributed by atoms with Crippen LogP contribution in [0.15, 0.2) is 12.1 Å². The summed E-state index contributed by atoms with van der Waals surface area (Å²) in [6, 6.07) is 3.86. The van der Waals surface area contributed by atoms with Crippen molar-refractivity contribution >= 4 is 17.5 Å². The van der Waals surface area contributed by atoms with Crippen LogP contribution in [0, 0.1) is 6.92 Å². The smallest absolute Gasteiger partial charge is 0.260 e. The van der Waals surface area contributed by atoms with E-state index in [-0.39, 0.29) is 12.5 Å². The lowest BCUT2D eigenvalue weighted by atomic mass is 10.0. The topological polar surface area (TPSA) is 41.6 Å². The first kappa shape index (κ1) is 16.1. The Bertz CT molecular complexity index is 511. The largest absolute Gasteiger partial charge is 0.483 e. The minimum Gasteiger partial charge on any atom is -0.483 e. The summed E-state index contributed by atoms with van der Waals surface area (Å²) in [6.45, 7) is 9.41. The van der Waals surface area contributed by atoms with Crippen LogP contribution in [-0.4, -0.2) is 43.6 Å². The van der Waals surface area contributed by atoms with Crippen molar-refractivity contribution in [2.24, 2.45) is 0 Å². The summed E-state index contributed by atoms with van der Waals surface area (Å²) in [5, 5.41) is 3.98. The number of hydrogen-bond donors (Lipinski definition) is 1. The Morgan fingerprint density at radius 3 is 2.67 bits per heavy atom. The van der Waals surface area contributed by atoms with Gasteiger partial charge in [-0.2, -0.15) is 0 Å².